The van der Waals surface area contributed by atoms with Crippen molar-refractivity contribution in [1.82, 2.24) is 0 Å². The summed E-state index contributed by atoms with van der Waals surface area (Å²) in [5.74, 6) is 1.42. The quantitative estimate of drug-likeness (QED) is 0.556. The Hall–Kier alpha value is -0.520. The summed E-state index contributed by atoms with van der Waals surface area (Å²) in [6.07, 6.45) is 11.8. The summed E-state index contributed by atoms with van der Waals surface area (Å²) in [5.41, 5.74) is 0.444. The van der Waals surface area contributed by atoms with Crippen LogP contribution in [0.4, 0.5) is 0 Å². The van der Waals surface area contributed by atoms with Crippen LogP contribution < -0.4 is 0 Å². The van der Waals surface area contributed by atoms with Crippen LogP contribution in [0.2, 0.25) is 0 Å². The maximum absolute atomic E-state index is 2.41. The Morgan fingerprint density at radius 1 is 1.46 bits per heavy atom. The first kappa shape index (κ1) is 10.6. The van der Waals surface area contributed by atoms with Gasteiger partial charge in [0.25, 0.3) is 0 Å². The van der Waals surface area contributed by atoms with Crippen molar-refractivity contribution in [3.8, 4) is 0 Å². The van der Waals surface area contributed by atoms with E-state index in [1.807, 2.05) is 0 Å². The molecule has 0 heterocycles. The molecule has 1 aliphatic rings. The number of hydrogen-bond donors (Lipinski definition) is 0. The minimum absolute atomic E-state index is 0.444. The van der Waals surface area contributed by atoms with Crippen LogP contribution in [0.1, 0.15) is 40.5 Å². The lowest BCUT2D eigenvalue weighted by atomic mass is 9.67. The highest BCUT2D eigenvalue weighted by molar-refractivity contribution is 5.09. The van der Waals surface area contributed by atoms with Crippen molar-refractivity contribution in [3.05, 3.63) is 24.3 Å². The lowest BCUT2D eigenvalue weighted by molar-refractivity contribution is 0.207. The fourth-order valence-corrected chi connectivity index (χ4v) is 2.27. The van der Waals surface area contributed by atoms with Crippen LogP contribution in [0.25, 0.3) is 0 Å². The van der Waals surface area contributed by atoms with E-state index in [1.54, 1.807) is 0 Å². The van der Waals surface area contributed by atoms with E-state index in [0.717, 1.165) is 12.3 Å². The second-order valence-corrected chi connectivity index (χ2v) is 4.84. The Labute approximate surface area is 82.7 Å². The molecule has 74 valence electrons. The molecule has 0 N–H and O–H groups in total. The van der Waals surface area contributed by atoms with Crippen molar-refractivity contribution < 1.29 is 0 Å². The molecule has 0 nitrogen and oxygen atoms in total. The van der Waals surface area contributed by atoms with Gasteiger partial charge in [-0.25, -0.2) is 0 Å². The highest BCUT2D eigenvalue weighted by atomic mass is 14.4. The molecule has 0 aromatic carbocycles. The smallest absolute Gasteiger partial charge is 0.0119 e. The summed E-state index contributed by atoms with van der Waals surface area (Å²) in [6.45, 7) is 9.27. The van der Waals surface area contributed by atoms with Gasteiger partial charge in [-0.1, -0.05) is 52.0 Å². The standard InChI is InChI=1S/C13H22/c1-5-6-9-12-11(2)8-7-10-13(12,3)4/h6-9,11-12H,5,10H2,1-4H3/t11-,12+/m1/s1. The minimum atomic E-state index is 0.444. The van der Waals surface area contributed by atoms with Crippen LogP contribution in [0.5, 0.6) is 0 Å². The Balaban J connectivity index is 2.77. The molecule has 0 spiro atoms. The largest absolute Gasteiger partial charge is 0.0885 e. The molecule has 0 aromatic heterocycles. The first-order valence-corrected chi connectivity index (χ1v) is 5.41. The van der Waals surface area contributed by atoms with Crippen molar-refractivity contribution >= 4 is 0 Å². The molecule has 1 rings (SSSR count). The predicted molar refractivity (Wildman–Crippen MR) is 59.6 cm³/mol. The van der Waals surface area contributed by atoms with Crippen LogP contribution in [-0.4, -0.2) is 0 Å². The first-order valence-electron chi connectivity index (χ1n) is 5.41. The molecule has 2 atom stereocenters. The minimum Gasteiger partial charge on any atom is -0.0885 e. The van der Waals surface area contributed by atoms with Crippen LogP contribution in [0, 0.1) is 17.3 Å². The zero-order chi connectivity index (χ0) is 9.90. The highest BCUT2D eigenvalue weighted by Gasteiger charge is 2.31. The number of rotatable bonds is 2. The van der Waals surface area contributed by atoms with Gasteiger partial charge < -0.3 is 0 Å². The molecule has 1 aliphatic carbocycles. The second-order valence-electron chi connectivity index (χ2n) is 4.84. The van der Waals surface area contributed by atoms with Gasteiger partial charge in [0.1, 0.15) is 0 Å². The average molecular weight is 178 g/mol. The average Bonchev–Trinajstić information content (AvgIpc) is 2.02. The number of allylic oxidation sites excluding steroid dienone is 4. The fourth-order valence-electron chi connectivity index (χ4n) is 2.27. The van der Waals surface area contributed by atoms with E-state index in [0.29, 0.717) is 11.3 Å². The molecule has 0 unspecified atom stereocenters. The molecule has 0 aromatic rings. The van der Waals surface area contributed by atoms with Crippen molar-refractivity contribution in [3.63, 3.8) is 0 Å². The van der Waals surface area contributed by atoms with Crippen LogP contribution >= 0.6 is 0 Å². The van der Waals surface area contributed by atoms with E-state index in [9.17, 15) is 0 Å². The molecule has 0 saturated heterocycles. The van der Waals surface area contributed by atoms with E-state index >= 15 is 0 Å². The topological polar surface area (TPSA) is 0 Å². The highest BCUT2D eigenvalue weighted by Crippen LogP contribution is 2.41. The summed E-state index contributed by atoms with van der Waals surface area (Å²) in [7, 11) is 0. The van der Waals surface area contributed by atoms with Gasteiger partial charge in [-0.05, 0) is 30.1 Å². The molecule has 0 amide bonds. The lowest BCUT2D eigenvalue weighted by Gasteiger charge is -2.38. The van der Waals surface area contributed by atoms with E-state index < -0.39 is 0 Å². The summed E-state index contributed by atoms with van der Waals surface area (Å²) >= 11 is 0. The Morgan fingerprint density at radius 3 is 2.69 bits per heavy atom. The van der Waals surface area contributed by atoms with Crippen molar-refractivity contribution in [2.45, 2.75) is 40.5 Å². The van der Waals surface area contributed by atoms with Gasteiger partial charge in [0.2, 0.25) is 0 Å². The molecule has 0 radical (unpaired) electrons. The SMILES string of the molecule is CCC=C[C@H]1[C@H](C)C=CCC1(C)C. The van der Waals surface area contributed by atoms with Crippen LogP contribution in [-0.2, 0) is 0 Å². The molecule has 0 heteroatoms. The second kappa shape index (κ2) is 4.13. The molecular weight excluding hydrogens is 156 g/mol. The summed E-state index contributed by atoms with van der Waals surface area (Å²) in [5, 5.41) is 0. The van der Waals surface area contributed by atoms with Gasteiger partial charge in [0, 0.05) is 0 Å². The van der Waals surface area contributed by atoms with Crippen molar-refractivity contribution in [1.29, 1.82) is 0 Å². The van der Waals surface area contributed by atoms with Crippen LogP contribution in [0.15, 0.2) is 24.3 Å². The zero-order valence-electron chi connectivity index (χ0n) is 9.38. The third kappa shape index (κ3) is 2.46. The molecule has 13 heavy (non-hydrogen) atoms. The normalized spacial score (nSPS) is 32.6. The van der Waals surface area contributed by atoms with Crippen molar-refractivity contribution in [2.75, 3.05) is 0 Å². The Morgan fingerprint density at radius 2 is 2.15 bits per heavy atom. The van der Waals surface area contributed by atoms with Gasteiger partial charge in [-0.15, -0.1) is 0 Å². The first-order chi connectivity index (χ1) is 6.08. The maximum Gasteiger partial charge on any atom is -0.0119 e. The van der Waals surface area contributed by atoms with E-state index in [1.165, 1.54) is 6.42 Å². The van der Waals surface area contributed by atoms with Gasteiger partial charge in [0.15, 0.2) is 0 Å². The monoisotopic (exact) mass is 178 g/mol. The van der Waals surface area contributed by atoms with Gasteiger partial charge >= 0.3 is 0 Å². The van der Waals surface area contributed by atoms with E-state index in [4.69, 9.17) is 0 Å². The Bertz CT molecular complexity index is 208. The van der Waals surface area contributed by atoms with E-state index in [2.05, 4.69) is 52.0 Å². The maximum atomic E-state index is 2.41. The third-order valence-corrected chi connectivity index (χ3v) is 3.13. The van der Waals surface area contributed by atoms with Gasteiger partial charge in [-0.3, -0.25) is 0 Å². The molecule has 0 aliphatic heterocycles. The van der Waals surface area contributed by atoms with Gasteiger partial charge in [-0.2, -0.15) is 0 Å². The zero-order valence-corrected chi connectivity index (χ0v) is 9.38. The number of hydrogen-bond acceptors (Lipinski definition) is 0. The molecule has 0 saturated carbocycles. The molecule has 0 fully saturated rings. The molecular formula is C13H22. The summed E-state index contributed by atoms with van der Waals surface area (Å²) in [4.78, 5) is 0. The Kier molecular flexibility index (Phi) is 3.35. The predicted octanol–water partition coefficient (Wildman–Crippen LogP) is 4.19. The van der Waals surface area contributed by atoms with E-state index in [-0.39, 0.29) is 0 Å². The van der Waals surface area contributed by atoms with Crippen molar-refractivity contribution in [2.24, 2.45) is 17.3 Å². The van der Waals surface area contributed by atoms with Crippen LogP contribution in [0.3, 0.4) is 0 Å². The lowest BCUT2D eigenvalue weighted by Crippen LogP contribution is -2.29. The summed E-state index contributed by atoms with van der Waals surface area (Å²) in [6, 6.07) is 0. The third-order valence-electron chi connectivity index (χ3n) is 3.13. The molecule has 0 bridgehead atoms. The summed E-state index contributed by atoms with van der Waals surface area (Å²) < 4.78 is 0. The fraction of sp³-hybridized carbons (Fsp3) is 0.692. The van der Waals surface area contributed by atoms with Gasteiger partial charge in [0.05, 0.1) is 0 Å².